The van der Waals surface area contributed by atoms with E-state index >= 15 is 0 Å². The molecule has 17 heavy (non-hydrogen) atoms. The van der Waals surface area contributed by atoms with Crippen molar-refractivity contribution in [2.45, 2.75) is 40.2 Å². The van der Waals surface area contributed by atoms with Gasteiger partial charge in [0.15, 0.2) is 6.79 Å². The third-order valence-electron chi connectivity index (χ3n) is 1.82. The Bertz CT molecular complexity index is 280. The van der Waals surface area contributed by atoms with Gasteiger partial charge in [-0.2, -0.15) is 0 Å². The summed E-state index contributed by atoms with van der Waals surface area (Å²) in [7, 11) is 0. The Kier molecular flexibility index (Phi) is 5.41. The molecule has 0 fully saturated rings. The molecule has 0 aromatic carbocycles. The average Bonchev–Trinajstić information content (AvgIpc) is 2.12. The molecule has 0 aliphatic heterocycles. The van der Waals surface area contributed by atoms with Crippen LogP contribution in [-0.2, 0) is 14.3 Å². The quantitative estimate of drug-likeness (QED) is 0.572. The van der Waals surface area contributed by atoms with Crippen LogP contribution in [0.1, 0.15) is 34.6 Å². The van der Waals surface area contributed by atoms with Gasteiger partial charge in [-0.15, -0.1) is 0 Å². The summed E-state index contributed by atoms with van der Waals surface area (Å²) in [4.78, 5) is 22.7. The summed E-state index contributed by atoms with van der Waals surface area (Å²) in [6.45, 7) is 7.84. The Morgan fingerprint density at radius 3 is 2.12 bits per heavy atom. The first-order valence-electron chi connectivity index (χ1n) is 5.33. The zero-order valence-electron chi connectivity index (χ0n) is 11.0. The normalized spacial score (nSPS) is 11.9. The van der Waals surface area contributed by atoms with E-state index < -0.39 is 29.9 Å². The fourth-order valence-electron chi connectivity index (χ4n) is 0.933. The van der Waals surface area contributed by atoms with Gasteiger partial charge >= 0.3 is 12.1 Å². The molecule has 0 aromatic heterocycles. The van der Waals surface area contributed by atoms with Gasteiger partial charge in [-0.25, -0.2) is 4.79 Å². The second kappa shape index (κ2) is 5.86. The maximum absolute atomic E-state index is 11.4. The monoisotopic (exact) mass is 247 g/mol. The number of aliphatic hydroxyl groups is 1. The van der Waals surface area contributed by atoms with Crippen molar-refractivity contribution in [2.75, 3.05) is 13.3 Å². The Labute approximate surface area is 101 Å². The van der Waals surface area contributed by atoms with E-state index in [2.05, 4.69) is 10.1 Å². The van der Waals surface area contributed by atoms with Crippen LogP contribution in [0.3, 0.4) is 0 Å². The van der Waals surface area contributed by atoms with Crippen LogP contribution in [0.15, 0.2) is 0 Å². The molecule has 0 radical (unpaired) electrons. The molecule has 6 heteroatoms. The van der Waals surface area contributed by atoms with Gasteiger partial charge in [-0.05, 0) is 34.6 Å². The molecule has 0 bridgehead atoms. The zero-order valence-corrected chi connectivity index (χ0v) is 11.0. The molecule has 0 aliphatic rings. The second-order valence-electron chi connectivity index (χ2n) is 5.30. The molecule has 6 nitrogen and oxygen atoms in total. The van der Waals surface area contributed by atoms with Gasteiger partial charge in [0.1, 0.15) is 5.60 Å². The van der Waals surface area contributed by atoms with Crippen molar-refractivity contribution in [3.05, 3.63) is 0 Å². The van der Waals surface area contributed by atoms with E-state index in [4.69, 9.17) is 9.84 Å². The minimum Gasteiger partial charge on any atom is -0.444 e. The highest BCUT2D eigenvalue weighted by molar-refractivity contribution is 5.77. The van der Waals surface area contributed by atoms with Gasteiger partial charge in [-0.3, -0.25) is 4.79 Å². The number of carbonyl (C=O) groups excluding carboxylic acids is 2. The Morgan fingerprint density at radius 2 is 1.71 bits per heavy atom. The number of ether oxygens (including phenoxy) is 2. The van der Waals surface area contributed by atoms with E-state index in [0.717, 1.165) is 0 Å². The Morgan fingerprint density at radius 1 is 1.18 bits per heavy atom. The van der Waals surface area contributed by atoms with E-state index in [1.807, 2.05) is 0 Å². The molecule has 0 heterocycles. The number of hydrogen-bond acceptors (Lipinski definition) is 5. The van der Waals surface area contributed by atoms with Gasteiger partial charge in [0.2, 0.25) is 0 Å². The summed E-state index contributed by atoms with van der Waals surface area (Å²) in [5.41, 5.74) is -1.50. The lowest BCUT2D eigenvalue weighted by atomic mass is 9.94. The van der Waals surface area contributed by atoms with Crippen molar-refractivity contribution < 1.29 is 24.2 Å². The van der Waals surface area contributed by atoms with Crippen LogP contribution in [-0.4, -0.2) is 36.1 Å². The number of amides is 1. The number of alkyl carbamates (subject to hydrolysis) is 1. The summed E-state index contributed by atoms with van der Waals surface area (Å²) >= 11 is 0. The zero-order chi connectivity index (χ0) is 13.7. The molecule has 0 spiro atoms. The van der Waals surface area contributed by atoms with Crippen LogP contribution >= 0.6 is 0 Å². The van der Waals surface area contributed by atoms with E-state index in [1.165, 1.54) is 0 Å². The van der Waals surface area contributed by atoms with E-state index in [1.54, 1.807) is 34.6 Å². The third kappa shape index (κ3) is 6.78. The van der Waals surface area contributed by atoms with Crippen molar-refractivity contribution >= 4 is 12.1 Å². The molecule has 0 saturated carbocycles. The molecular formula is C11H21NO5. The predicted molar refractivity (Wildman–Crippen MR) is 61.2 cm³/mol. The number of rotatable bonds is 4. The van der Waals surface area contributed by atoms with Gasteiger partial charge in [0, 0.05) is 6.54 Å². The largest absolute Gasteiger partial charge is 0.444 e. The fraction of sp³-hybridized carbons (Fsp3) is 0.818. The summed E-state index contributed by atoms with van der Waals surface area (Å²) < 4.78 is 9.49. The van der Waals surface area contributed by atoms with E-state index in [0.29, 0.717) is 0 Å². The van der Waals surface area contributed by atoms with Crippen molar-refractivity contribution in [3.8, 4) is 0 Å². The first kappa shape index (κ1) is 15.7. The lowest BCUT2D eigenvalue weighted by molar-refractivity contribution is -0.161. The van der Waals surface area contributed by atoms with Crippen LogP contribution in [0.4, 0.5) is 4.79 Å². The summed E-state index contributed by atoms with van der Waals surface area (Å²) in [5, 5.41) is 11.0. The fourth-order valence-corrected chi connectivity index (χ4v) is 0.933. The van der Waals surface area contributed by atoms with Crippen molar-refractivity contribution in [3.63, 3.8) is 0 Å². The number of carbonyl (C=O) groups is 2. The maximum atomic E-state index is 11.4. The third-order valence-corrected chi connectivity index (χ3v) is 1.82. The van der Waals surface area contributed by atoms with Crippen LogP contribution in [0, 0.1) is 5.41 Å². The standard InChI is InChI=1S/C11H21NO5/c1-10(2,3)17-9(15)12-6-11(4,5)8(14)16-7-13/h13H,6-7H2,1-5H3,(H,12,15). The Hall–Kier alpha value is -1.30. The highest BCUT2D eigenvalue weighted by atomic mass is 16.6. The first-order valence-corrected chi connectivity index (χ1v) is 5.33. The number of nitrogens with one attached hydrogen (secondary N) is 1. The highest BCUT2D eigenvalue weighted by Gasteiger charge is 2.30. The predicted octanol–water partition coefficient (Wildman–Crippen LogP) is 1.03. The maximum Gasteiger partial charge on any atom is 0.407 e. The van der Waals surface area contributed by atoms with E-state index in [9.17, 15) is 9.59 Å². The molecule has 2 N–H and O–H groups in total. The molecule has 100 valence electrons. The first-order chi connectivity index (χ1) is 7.58. The van der Waals surface area contributed by atoms with Crippen LogP contribution in [0.2, 0.25) is 0 Å². The summed E-state index contributed by atoms with van der Waals surface area (Å²) in [6, 6.07) is 0. The number of aliphatic hydroxyl groups excluding tert-OH is 1. The van der Waals surface area contributed by atoms with Gasteiger partial charge in [-0.1, -0.05) is 0 Å². The lowest BCUT2D eigenvalue weighted by Gasteiger charge is -2.24. The van der Waals surface area contributed by atoms with Crippen LogP contribution in [0.5, 0.6) is 0 Å². The van der Waals surface area contributed by atoms with Crippen molar-refractivity contribution in [1.29, 1.82) is 0 Å². The molecule has 0 atom stereocenters. The smallest absolute Gasteiger partial charge is 0.407 e. The number of esters is 1. The molecule has 0 unspecified atom stereocenters. The molecule has 0 saturated heterocycles. The minimum absolute atomic E-state index is 0.0702. The summed E-state index contributed by atoms with van der Waals surface area (Å²) in [6.07, 6.45) is -0.595. The topological polar surface area (TPSA) is 84.9 Å². The minimum atomic E-state index is -0.917. The van der Waals surface area contributed by atoms with Gasteiger partial charge in [0.05, 0.1) is 5.41 Å². The molecular weight excluding hydrogens is 226 g/mol. The summed E-state index contributed by atoms with van der Waals surface area (Å²) in [5.74, 6) is -0.587. The Balaban J connectivity index is 4.18. The SMILES string of the molecule is CC(C)(C)OC(=O)NCC(C)(C)C(=O)OCO. The van der Waals surface area contributed by atoms with Crippen LogP contribution in [0.25, 0.3) is 0 Å². The van der Waals surface area contributed by atoms with Gasteiger partial charge in [0.25, 0.3) is 0 Å². The van der Waals surface area contributed by atoms with Crippen LogP contribution < -0.4 is 5.32 Å². The molecule has 0 rings (SSSR count). The van der Waals surface area contributed by atoms with Crippen molar-refractivity contribution in [1.82, 2.24) is 5.32 Å². The van der Waals surface area contributed by atoms with Crippen molar-refractivity contribution in [2.24, 2.45) is 5.41 Å². The number of hydrogen-bond donors (Lipinski definition) is 2. The highest BCUT2D eigenvalue weighted by Crippen LogP contribution is 2.16. The van der Waals surface area contributed by atoms with E-state index in [-0.39, 0.29) is 6.54 Å². The second-order valence-corrected chi connectivity index (χ2v) is 5.30. The lowest BCUT2D eigenvalue weighted by Crippen LogP contribution is -2.42. The molecule has 0 aromatic rings. The van der Waals surface area contributed by atoms with Gasteiger partial charge < -0.3 is 19.9 Å². The average molecular weight is 247 g/mol. The molecule has 0 aliphatic carbocycles. The molecule has 1 amide bonds.